The fourth-order valence-electron chi connectivity index (χ4n) is 8.15. The van der Waals surface area contributed by atoms with Crippen molar-refractivity contribution in [3.05, 3.63) is 182 Å². The summed E-state index contributed by atoms with van der Waals surface area (Å²) in [7, 11) is 0. The number of esters is 3. The molecule has 0 heterocycles. The van der Waals surface area contributed by atoms with Crippen LogP contribution in [0.4, 0.5) is 0 Å². The van der Waals surface area contributed by atoms with E-state index in [2.05, 4.69) is 191 Å². The largest absolute Gasteiger partial charge is 0.462 e. The summed E-state index contributed by atoms with van der Waals surface area (Å²) in [5.41, 5.74) is 0. The lowest BCUT2D eigenvalue weighted by Crippen LogP contribution is -2.30. The first-order chi connectivity index (χ1) is 40.0. The molecule has 0 saturated heterocycles. The van der Waals surface area contributed by atoms with Crippen molar-refractivity contribution < 1.29 is 28.6 Å². The van der Waals surface area contributed by atoms with E-state index >= 15 is 0 Å². The third-order valence-electron chi connectivity index (χ3n) is 12.9. The van der Waals surface area contributed by atoms with Gasteiger partial charge < -0.3 is 14.2 Å². The van der Waals surface area contributed by atoms with Gasteiger partial charge in [-0.1, -0.05) is 274 Å². The van der Waals surface area contributed by atoms with Gasteiger partial charge in [-0.15, -0.1) is 0 Å². The van der Waals surface area contributed by atoms with Gasteiger partial charge in [0.05, 0.1) is 6.42 Å². The summed E-state index contributed by atoms with van der Waals surface area (Å²) in [5, 5.41) is 0. The molecule has 0 aliphatic heterocycles. The van der Waals surface area contributed by atoms with Crippen LogP contribution in [0.15, 0.2) is 182 Å². The first-order valence-corrected chi connectivity index (χ1v) is 32.3. The van der Waals surface area contributed by atoms with Gasteiger partial charge in [0.15, 0.2) is 6.10 Å². The number of ether oxygens (including phenoxy) is 3. The molecule has 0 aliphatic carbocycles. The molecular formula is C75H116O6. The first kappa shape index (κ1) is 75.5. The first-order valence-electron chi connectivity index (χ1n) is 32.3. The fourth-order valence-corrected chi connectivity index (χ4v) is 8.15. The molecular weight excluding hydrogens is 997 g/mol. The maximum atomic E-state index is 12.9. The monoisotopic (exact) mass is 1110 g/mol. The van der Waals surface area contributed by atoms with Crippen LogP contribution in [-0.2, 0) is 28.6 Å². The molecule has 6 heteroatoms. The summed E-state index contributed by atoms with van der Waals surface area (Å²) in [4.78, 5) is 38.2. The Balaban J connectivity index is 4.50. The van der Waals surface area contributed by atoms with Gasteiger partial charge in [-0.05, 0) is 141 Å². The Labute approximate surface area is 497 Å². The number of hydrogen-bond acceptors (Lipinski definition) is 6. The highest BCUT2D eigenvalue weighted by Gasteiger charge is 2.19. The van der Waals surface area contributed by atoms with E-state index in [1.54, 1.807) is 6.08 Å². The molecule has 0 radical (unpaired) electrons. The Kier molecular flexibility index (Phi) is 62.5. The van der Waals surface area contributed by atoms with Crippen LogP contribution in [0.25, 0.3) is 0 Å². The summed E-state index contributed by atoms with van der Waals surface area (Å²) < 4.78 is 16.8. The second-order valence-electron chi connectivity index (χ2n) is 20.6. The molecule has 0 N–H and O–H groups in total. The van der Waals surface area contributed by atoms with E-state index in [-0.39, 0.29) is 38.0 Å². The normalized spacial score (nSPS) is 13.4. The van der Waals surface area contributed by atoms with Gasteiger partial charge in [-0.25, -0.2) is 0 Å². The lowest BCUT2D eigenvalue weighted by atomic mass is 10.1. The van der Waals surface area contributed by atoms with Gasteiger partial charge in [0.25, 0.3) is 0 Å². The van der Waals surface area contributed by atoms with E-state index in [1.807, 2.05) is 6.08 Å². The van der Waals surface area contributed by atoms with E-state index in [4.69, 9.17) is 14.2 Å². The highest BCUT2D eigenvalue weighted by molar-refractivity contribution is 5.72. The molecule has 0 aliphatic rings. The Hall–Kier alpha value is -5.49. The second-order valence-corrected chi connectivity index (χ2v) is 20.6. The summed E-state index contributed by atoms with van der Waals surface area (Å²) in [6, 6.07) is 0. The van der Waals surface area contributed by atoms with Gasteiger partial charge in [0.2, 0.25) is 0 Å². The Morgan fingerprint density at radius 3 is 0.889 bits per heavy atom. The average Bonchev–Trinajstić information content (AvgIpc) is 3.47. The predicted molar refractivity (Wildman–Crippen MR) is 352 cm³/mol. The van der Waals surface area contributed by atoms with E-state index < -0.39 is 12.1 Å². The van der Waals surface area contributed by atoms with Crippen LogP contribution in [0.5, 0.6) is 0 Å². The summed E-state index contributed by atoms with van der Waals surface area (Å²) in [6.45, 7) is 6.28. The van der Waals surface area contributed by atoms with Crippen LogP contribution in [0.1, 0.15) is 252 Å². The number of unbranched alkanes of at least 4 members (excludes halogenated alkanes) is 16. The molecule has 1 unspecified atom stereocenters. The Bertz CT molecular complexity index is 1900. The van der Waals surface area contributed by atoms with Crippen molar-refractivity contribution >= 4 is 17.9 Å². The zero-order valence-electron chi connectivity index (χ0n) is 51.7. The molecule has 1 atom stereocenters. The van der Waals surface area contributed by atoms with Gasteiger partial charge >= 0.3 is 17.9 Å². The number of carbonyl (C=O) groups is 3. The zero-order chi connectivity index (χ0) is 58.5. The quantitative estimate of drug-likeness (QED) is 0.0261. The molecule has 0 bridgehead atoms. The molecule has 0 aromatic heterocycles. The molecule has 0 aromatic rings. The average molecular weight is 1110 g/mol. The third kappa shape index (κ3) is 65.2. The Morgan fingerprint density at radius 2 is 0.531 bits per heavy atom. The fraction of sp³-hybridized carbons (Fsp3) is 0.560. The van der Waals surface area contributed by atoms with E-state index in [9.17, 15) is 14.4 Å². The van der Waals surface area contributed by atoms with Crippen molar-refractivity contribution in [2.24, 2.45) is 0 Å². The van der Waals surface area contributed by atoms with Crippen LogP contribution >= 0.6 is 0 Å². The predicted octanol–water partition coefficient (Wildman–Crippen LogP) is 22.4. The topological polar surface area (TPSA) is 78.9 Å². The van der Waals surface area contributed by atoms with Crippen LogP contribution in [-0.4, -0.2) is 37.2 Å². The SMILES string of the molecule is CC/C=C\C/C=C\C/C=C\C/C=C\C/C=C\C/C=C\C/C=C\C/C=C\C/C=C\CCCCCC(=O)OCC(COC(=O)C/C=C\C/C=C\C/C=C\C/C=C\C/C=C\CC)OC(=O)CCCCCCCCC/C=C\CCCCCCCC. The smallest absolute Gasteiger partial charge is 0.309 e. The van der Waals surface area contributed by atoms with Crippen molar-refractivity contribution in [1.29, 1.82) is 0 Å². The number of hydrogen-bond donors (Lipinski definition) is 0. The number of allylic oxidation sites excluding steroid dienone is 29. The van der Waals surface area contributed by atoms with Gasteiger partial charge in [0, 0.05) is 12.8 Å². The molecule has 452 valence electrons. The zero-order valence-corrected chi connectivity index (χ0v) is 51.7. The Morgan fingerprint density at radius 1 is 0.272 bits per heavy atom. The summed E-state index contributed by atoms with van der Waals surface area (Å²) in [5.74, 6) is -1.11. The second kappa shape index (κ2) is 67.0. The minimum Gasteiger partial charge on any atom is -0.462 e. The van der Waals surface area contributed by atoms with E-state index in [0.29, 0.717) is 6.42 Å². The molecule has 0 fully saturated rings. The lowest BCUT2D eigenvalue weighted by molar-refractivity contribution is -0.166. The molecule has 6 nitrogen and oxygen atoms in total. The molecule has 0 aromatic carbocycles. The van der Waals surface area contributed by atoms with Gasteiger partial charge in [-0.2, -0.15) is 0 Å². The molecule has 0 saturated carbocycles. The summed E-state index contributed by atoms with van der Waals surface area (Å²) >= 11 is 0. The van der Waals surface area contributed by atoms with E-state index in [1.165, 1.54) is 77.0 Å². The third-order valence-corrected chi connectivity index (χ3v) is 12.9. The highest BCUT2D eigenvalue weighted by atomic mass is 16.6. The van der Waals surface area contributed by atoms with Crippen molar-refractivity contribution in [3.8, 4) is 0 Å². The van der Waals surface area contributed by atoms with E-state index in [0.717, 1.165) is 135 Å². The van der Waals surface area contributed by atoms with Crippen LogP contribution in [0, 0.1) is 0 Å². The standard InChI is InChI=1S/C75H116O6/c1-4-7-10-13-16-19-22-25-28-30-31-32-33-34-35-36-37-38-39-40-41-42-43-45-47-50-53-56-59-62-65-68-74(77)80-71-72(70-79-73(76)67-64-61-58-55-52-49-46-27-24-21-18-15-12-9-6-3)81-75(78)69-66-63-60-57-54-51-48-44-29-26-23-20-17-14-11-8-5-2/h7,9-10,12,16,18-19,21,25-29,31-32,34-35,37-38,40-41,43,45-46,50,52-53,55,61,64,72H,4-6,8,11,13-15,17,20,22-24,30,33,36,39,42,44,47-49,51,54,56-60,62-63,65-71H2,1-3H3/b10-7-,12-9-,19-16-,21-18-,28-25-,29-26-,32-31-,35-34-,38-37-,41-40-,45-43-,46-27-,53-50-,55-52-,64-61-. The minimum atomic E-state index is -0.845. The summed E-state index contributed by atoms with van der Waals surface area (Å²) in [6.07, 6.45) is 101. The van der Waals surface area contributed by atoms with Crippen molar-refractivity contribution in [1.82, 2.24) is 0 Å². The lowest BCUT2D eigenvalue weighted by Gasteiger charge is -2.18. The van der Waals surface area contributed by atoms with Crippen molar-refractivity contribution in [2.45, 2.75) is 258 Å². The molecule has 0 spiro atoms. The van der Waals surface area contributed by atoms with Crippen molar-refractivity contribution in [3.63, 3.8) is 0 Å². The highest BCUT2D eigenvalue weighted by Crippen LogP contribution is 2.13. The molecule has 81 heavy (non-hydrogen) atoms. The van der Waals surface area contributed by atoms with Crippen LogP contribution < -0.4 is 0 Å². The number of carbonyl (C=O) groups excluding carboxylic acids is 3. The minimum absolute atomic E-state index is 0.111. The molecule has 0 amide bonds. The molecule has 0 rings (SSSR count). The van der Waals surface area contributed by atoms with Crippen LogP contribution in [0.2, 0.25) is 0 Å². The van der Waals surface area contributed by atoms with Gasteiger partial charge in [-0.3, -0.25) is 14.4 Å². The van der Waals surface area contributed by atoms with Gasteiger partial charge in [0.1, 0.15) is 13.2 Å². The maximum absolute atomic E-state index is 12.9. The maximum Gasteiger partial charge on any atom is 0.309 e. The van der Waals surface area contributed by atoms with Crippen LogP contribution in [0.3, 0.4) is 0 Å². The van der Waals surface area contributed by atoms with Crippen molar-refractivity contribution in [2.75, 3.05) is 13.2 Å². The number of rotatable bonds is 56.